The number of carbonyl (C=O) groups is 1. The third-order valence-electron chi connectivity index (χ3n) is 5.29. The van der Waals surface area contributed by atoms with E-state index >= 15 is 0 Å². The van der Waals surface area contributed by atoms with Crippen LogP contribution >= 0.6 is 0 Å². The lowest BCUT2D eigenvalue weighted by Crippen LogP contribution is -2.39. The number of rotatable bonds is 2. The molecule has 17 heavy (non-hydrogen) atoms. The van der Waals surface area contributed by atoms with Crippen LogP contribution in [0, 0.1) is 34.0 Å². The van der Waals surface area contributed by atoms with Gasteiger partial charge in [0.05, 0.1) is 12.0 Å². The molecule has 2 fully saturated rings. The fourth-order valence-electron chi connectivity index (χ4n) is 3.41. The highest BCUT2D eigenvalue weighted by atomic mass is 16.2. The van der Waals surface area contributed by atoms with Crippen LogP contribution in [-0.4, -0.2) is 11.9 Å². The number of hydrogen-bond acceptors (Lipinski definition) is 2. The lowest BCUT2D eigenvalue weighted by Gasteiger charge is -2.16. The Morgan fingerprint density at radius 3 is 2.29 bits per heavy atom. The highest BCUT2D eigenvalue weighted by Gasteiger charge is 2.68. The Bertz CT molecular complexity index is 364. The Morgan fingerprint density at radius 2 is 1.82 bits per heavy atom. The van der Waals surface area contributed by atoms with Crippen molar-refractivity contribution < 1.29 is 4.79 Å². The molecule has 0 heterocycles. The van der Waals surface area contributed by atoms with E-state index in [0.717, 1.165) is 19.3 Å². The summed E-state index contributed by atoms with van der Waals surface area (Å²) in [7, 11) is 0. The molecule has 0 spiro atoms. The number of nitrogens with one attached hydrogen (secondary N) is 1. The molecular formula is C14H22N2O. The molecular weight excluding hydrogens is 212 g/mol. The van der Waals surface area contributed by atoms with Crippen LogP contribution in [0.4, 0.5) is 0 Å². The van der Waals surface area contributed by atoms with Crippen molar-refractivity contribution >= 4 is 5.91 Å². The molecule has 0 aromatic heterocycles. The van der Waals surface area contributed by atoms with Crippen LogP contribution in [0.2, 0.25) is 0 Å². The standard InChI is InChI=1S/C14H22N2O/c1-13(2)11(14(13,3)4)12(17)16-10-7-5-6-9(10)8-15/h9-11H,5-7H2,1-4H3,(H,16,17). The average Bonchev–Trinajstić information content (AvgIpc) is 2.57. The van der Waals surface area contributed by atoms with Crippen LogP contribution in [0.1, 0.15) is 47.0 Å². The first-order valence-electron chi connectivity index (χ1n) is 6.52. The van der Waals surface area contributed by atoms with Crippen LogP contribution in [0.15, 0.2) is 0 Å². The van der Waals surface area contributed by atoms with Crippen molar-refractivity contribution in [3.8, 4) is 6.07 Å². The third kappa shape index (κ3) is 1.74. The smallest absolute Gasteiger partial charge is 0.224 e. The molecule has 2 rings (SSSR count). The van der Waals surface area contributed by atoms with Crippen molar-refractivity contribution in [2.24, 2.45) is 22.7 Å². The maximum absolute atomic E-state index is 12.2. The lowest BCUT2D eigenvalue weighted by atomic mass is 10.0. The van der Waals surface area contributed by atoms with Crippen molar-refractivity contribution in [2.75, 3.05) is 0 Å². The number of carbonyl (C=O) groups excluding carboxylic acids is 1. The first kappa shape index (κ1) is 12.4. The molecule has 2 unspecified atom stereocenters. The van der Waals surface area contributed by atoms with Gasteiger partial charge in [0, 0.05) is 12.0 Å². The maximum Gasteiger partial charge on any atom is 0.224 e. The maximum atomic E-state index is 12.2. The zero-order chi connectivity index (χ0) is 12.8. The molecule has 2 aliphatic carbocycles. The molecule has 0 aromatic carbocycles. The van der Waals surface area contributed by atoms with Crippen LogP contribution in [0.25, 0.3) is 0 Å². The number of hydrogen-bond donors (Lipinski definition) is 1. The van der Waals surface area contributed by atoms with Gasteiger partial charge in [-0.1, -0.05) is 27.7 Å². The van der Waals surface area contributed by atoms with E-state index in [1.54, 1.807) is 0 Å². The zero-order valence-electron chi connectivity index (χ0n) is 11.2. The normalized spacial score (nSPS) is 34.1. The van der Waals surface area contributed by atoms with Gasteiger partial charge >= 0.3 is 0 Å². The van der Waals surface area contributed by atoms with Gasteiger partial charge in [0.1, 0.15) is 0 Å². The summed E-state index contributed by atoms with van der Waals surface area (Å²) >= 11 is 0. The molecule has 1 N–H and O–H groups in total. The largest absolute Gasteiger partial charge is 0.352 e. The van der Waals surface area contributed by atoms with Crippen LogP contribution in [-0.2, 0) is 4.79 Å². The van der Waals surface area contributed by atoms with Gasteiger partial charge in [-0.2, -0.15) is 5.26 Å². The summed E-state index contributed by atoms with van der Waals surface area (Å²) in [5.41, 5.74) is 0.162. The van der Waals surface area contributed by atoms with Crippen molar-refractivity contribution in [3.63, 3.8) is 0 Å². The van der Waals surface area contributed by atoms with E-state index in [1.165, 1.54) is 0 Å². The number of nitrogens with zero attached hydrogens (tertiary/aromatic N) is 1. The van der Waals surface area contributed by atoms with Gasteiger partial charge < -0.3 is 5.32 Å². The lowest BCUT2D eigenvalue weighted by molar-refractivity contribution is -0.124. The van der Waals surface area contributed by atoms with E-state index in [2.05, 4.69) is 39.1 Å². The Hall–Kier alpha value is -1.04. The van der Waals surface area contributed by atoms with Gasteiger partial charge in [0.15, 0.2) is 0 Å². The minimum atomic E-state index is 0.0175. The molecule has 2 aliphatic rings. The Balaban J connectivity index is 1.98. The van der Waals surface area contributed by atoms with Gasteiger partial charge in [0.2, 0.25) is 5.91 Å². The summed E-state index contributed by atoms with van der Waals surface area (Å²) in [5.74, 6) is 0.256. The van der Waals surface area contributed by atoms with Gasteiger partial charge in [-0.25, -0.2) is 0 Å². The zero-order valence-corrected chi connectivity index (χ0v) is 11.2. The number of amides is 1. The Labute approximate surface area is 104 Å². The average molecular weight is 234 g/mol. The Morgan fingerprint density at radius 1 is 1.24 bits per heavy atom. The van der Waals surface area contributed by atoms with Crippen LogP contribution < -0.4 is 5.32 Å². The molecule has 3 nitrogen and oxygen atoms in total. The van der Waals surface area contributed by atoms with Gasteiger partial charge in [-0.05, 0) is 30.1 Å². The van der Waals surface area contributed by atoms with Gasteiger partial charge in [-0.3, -0.25) is 4.79 Å². The molecule has 0 bridgehead atoms. The monoisotopic (exact) mass is 234 g/mol. The van der Waals surface area contributed by atoms with Crippen molar-refractivity contribution in [3.05, 3.63) is 0 Å². The Kier molecular flexibility index (Phi) is 2.72. The first-order chi connectivity index (χ1) is 7.82. The molecule has 2 atom stereocenters. The van der Waals surface area contributed by atoms with Crippen LogP contribution in [0.5, 0.6) is 0 Å². The fraction of sp³-hybridized carbons (Fsp3) is 0.857. The topological polar surface area (TPSA) is 52.9 Å². The molecule has 94 valence electrons. The summed E-state index contributed by atoms with van der Waals surface area (Å²) in [6.07, 6.45) is 2.94. The van der Waals surface area contributed by atoms with E-state index in [4.69, 9.17) is 5.26 Å². The van der Waals surface area contributed by atoms with Crippen molar-refractivity contribution in [1.29, 1.82) is 5.26 Å². The van der Waals surface area contributed by atoms with E-state index < -0.39 is 0 Å². The minimum absolute atomic E-state index is 0.0175. The van der Waals surface area contributed by atoms with Gasteiger partial charge in [0.25, 0.3) is 0 Å². The molecule has 0 aromatic rings. The van der Waals surface area contributed by atoms with E-state index in [9.17, 15) is 4.79 Å². The SMILES string of the molecule is CC1(C)C(C(=O)NC2CCCC2C#N)C1(C)C. The molecule has 0 radical (unpaired) electrons. The quantitative estimate of drug-likeness (QED) is 0.798. The summed E-state index contributed by atoms with van der Waals surface area (Å²) < 4.78 is 0. The van der Waals surface area contributed by atoms with Crippen molar-refractivity contribution in [1.82, 2.24) is 5.32 Å². The number of nitriles is 1. The summed E-state index contributed by atoms with van der Waals surface area (Å²) in [4.78, 5) is 12.2. The molecule has 0 aliphatic heterocycles. The predicted octanol–water partition coefficient (Wildman–Crippen LogP) is 2.48. The minimum Gasteiger partial charge on any atom is -0.352 e. The van der Waals surface area contributed by atoms with Crippen LogP contribution in [0.3, 0.4) is 0 Å². The molecule has 3 heteroatoms. The highest BCUT2D eigenvalue weighted by Crippen LogP contribution is 2.68. The second-order valence-electron chi connectivity index (χ2n) is 6.66. The third-order valence-corrected chi connectivity index (χ3v) is 5.29. The first-order valence-corrected chi connectivity index (χ1v) is 6.52. The van der Waals surface area contributed by atoms with E-state index in [0.29, 0.717) is 0 Å². The fourth-order valence-corrected chi connectivity index (χ4v) is 3.41. The summed E-state index contributed by atoms with van der Waals surface area (Å²) in [5, 5.41) is 12.1. The van der Waals surface area contributed by atoms with Gasteiger partial charge in [-0.15, -0.1) is 0 Å². The second kappa shape index (κ2) is 3.73. The summed E-state index contributed by atoms with van der Waals surface area (Å²) in [6, 6.07) is 2.39. The molecule has 2 saturated carbocycles. The van der Waals surface area contributed by atoms with E-state index in [1.807, 2.05) is 0 Å². The summed E-state index contributed by atoms with van der Waals surface area (Å²) in [6.45, 7) is 8.59. The van der Waals surface area contributed by atoms with E-state index in [-0.39, 0.29) is 34.6 Å². The second-order valence-corrected chi connectivity index (χ2v) is 6.66. The molecule has 1 amide bonds. The highest BCUT2D eigenvalue weighted by molar-refractivity contribution is 5.84. The molecule has 0 saturated heterocycles. The van der Waals surface area contributed by atoms with Crippen molar-refractivity contribution in [2.45, 2.75) is 53.0 Å². The predicted molar refractivity (Wildman–Crippen MR) is 65.9 cm³/mol.